The first-order valence-corrected chi connectivity index (χ1v) is 10.8. The van der Waals surface area contributed by atoms with Gasteiger partial charge in [0, 0.05) is 18.2 Å². The fraction of sp³-hybridized carbons (Fsp3) is 0.192. The van der Waals surface area contributed by atoms with Crippen LogP contribution in [-0.4, -0.2) is 36.9 Å². The van der Waals surface area contributed by atoms with E-state index < -0.39 is 36.0 Å². The van der Waals surface area contributed by atoms with Crippen molar-refractivity contribution in [2.24, 2.45) is 0 Å². The van der Waals surface area contributed by atoms with Gasteiger partial charge in [0.2, 0.25) is 5.91 Å². The zero-order chi connectivity index (χ0) is 24.9. The molecule has 0 aliphatic carbocycles. The molecule has 1 aliphatic rings. The van der Waals surface area contributed by atoms with E-state index in [-0.39, 0.29) is 29.5 Å². The van der Waals surface area contributed by atoms with Gasteiger partial charge in [-0.2, -0.15) is 0 Å². The Labute approximate surface area is 200 Å². The number of fused-ring (bicyclic) bond motifs is 1. The van der Waals surface area contributed by atoms with Gasteiger partial charge in [0.25, 0.3) is 5.91 Å². The summed E-state index contributed by atoms with van der Waals surface area (Å²) in [6, 6.07) is 15.9. The number of halogens is 2. The van der Waals surface area contributed by atoms with Gasteiger partial charge in [0.05, 0.1) is 5.69 Å². The number of anilines is 1. The van der Waals surface area contributed by atoms with E-state index in [0.29, 0.717) is 12.3 Å². The average molecular weight is 480 g/mol. The van der Waals surface area contributed by atoms with E-state index in [2.05, 4.69) is 5.32 Å². The molecule has 1 heterocycles. The second-order valence-electron chi connectivity index (χ2n) is 7.90. The molecule has 0 aromatic heterocycles. The van der Waals surface area contributed by atoms with E-state index in [1.165, 1.54) is 29.2 Å². The molecule has 0 saturated carbocycles. The SMILES string of the molecule is C[C@@H](C(=O)NCc1ccccc1)N1C(=O)COc2ccc(C(=O)COc3ccc(F)c(F)c3)cc21. The van der Waals surface area contributed by atoms with E-state index >= 15 is 0 Å². The molecular weight excluding hydrogens is 458 g/mol. The van der Waals surface area contributed by atoms with Crippen molar-refractivity contribution in [2.75, 3.05) is 18.1 Å². The van der Waals surface area contributed by atoms with Crippen molar-refractivity contribution >= 4 is 23.3 Å². The fourth-order valence-corrected chi connectivity index (χ4v) is 3.62. The van der Waals surface area contributed by atoms with Gasteiger partial charge < -0.3 is 14.8 Å². The number of Topliss-reactive ketones (excluding diaryl/α,β-unsaturated/α-hetero) is 1. The minimum absolute atomic E-state index is 0.000873. The van der Waals surface area contributed by atoms with Crippen LogP contribution >= 0.6 is 0 Å². The molecule has 1 N–H and O–H groups in total. The molecule has 0 saturated heterocycles. The van der Waals surface area contributed by atoms with Gasteiger partial charge in [-0.1, -0.05) is 30.3 Å². The minimum Gasteiger partial charge on any atom is -0.485 e. The number of amides is 2. The first-order chi connectivity index (χ1) is 16.8. The van der Waals surface area contributed by atoms with Crippen molar-refractivity contribution in [3.05, 3.63) is 89.5 Å². The molecule has 35 heavy (non-hydrogen) atoms. The Balaban J connectivity index is 1.48. The smallest absolute Gasteiger partial charge is 0.265 e. The Hall–Kier alpha value is -4.27. The van der Waals surface area contributed by atoms with Crippen LogP contribution in [0.25, 0.3) is 0 Å². The highest BCUT2D eigenvalue weighted by Crippen LogP contribution is 2.34. The predicted molar refractivity (Wildman–Crippen MR) is 123 cm³/mol. The van der Waals surface area contributed by atoms with Crippen LogP contribution < -0.4 is 19.7 Å². The highest BCUT2D eigenvalue weighted by Gasteiger charge is 2.33. The Bertz CT molecular complexity index is 1270. The molecule has 3 aromatic carbocycles. The van der Waals surface area contributed by atoms with E-state index in [0.717, 1.165) is 17.7 Å². The lowest BCUT2D eigenvalue weighted by Crippen LogP contribution is -2.51. The molecule has 0 spiro atoms. The van der Waals surface area contributed by atoms with Crippen molar-refractivity contribution < 1.29 is 32.6 Å². The van der Waals surface area contributed by atoms with E-state index in [1.54, 1.807) is 6.92 Å². The Morgan fingerprint density at radius 3 is 2.57 bits per heavy atom. The minimum atomic E-state index is -1.09. The molecule has 1 atom stereocenters. The molecule has 180 valence electrons. The van der Waals surface area contributed by atoms with Crippen LogP contribution in [0.2, 0.25) is 0 Å². The van der Waals surface area contributed by atoms with Crippen molar-refractivity contribution in [1.29, 1.82) is 0 Å². The molecule has 4 rings (SSSR count). The number of rotatable bonds is 8. The summed E-state index contributed by atoms with van der Waals surface area (Å²) in [7, 11) is 0. The van der Waals surface area contributed by atoms with Gasteiger partial charge in [-0.15, -0.1) is 0 Å². The Morgan fingerprint density at radius 1 is 1.06 bits per heavy atom. The first kappa shape index (κ1) is 23.9. The highest BCUT2D eigenvalue weighted by atomic mass is 19.2. The van der Waals surface area contributed by atoms with Gasteiger partial charge in [-0.3, -0.25) is 19.3 Å². The van der Waals surface area contributed by atoms with Crippen LogP contribution in [-0.2, 0) is 16.1 Å². The third kappa shape index (κ3) is 5.46. The third-order valence-electron chi connectivity index (χ3n) is 5.50. The summed E-state index contributed by atoms with van der Waals surface area (Å²) in [4.78, 5) is 39.5. The van der Waals surface area contributed by atoms with Gasteiger partial charge in [0.15, 0.2) is 30.6 Å². The summed E-state index contributed by atoms with van der Waals surface area (Å²) in [5.74, 6) is -3.02. The molecule has 0 fully saturated rings. The van der Waals surface area contributed by atoms with Crippen LogP contribution in [0.1, 0.15) is 22.8 Å². The second-order valence-corrected chi connectivity index (χ2v) is 7.90. The van der Waals surface area contributed by atoms with Crippen LogP contribution in [0.4, 0.5) is 14.5 Å². The van der Waals surface area contributed by atoms with E-state index in [1.807, 2.05) is 30.3 Å². The number of ether oxygens (including phenoxy) is 2. The number of carbonyl (C=O) groups is 3. The standard InChI is InChI=1S/C26H22F2N2O5/c1-16(26(33)29-13-17-5-3-2-4-6-17)30-22-11-18(7-10-24(22)35-15-25(30)32)23(31)14-34-19-8-9-20(27)21(28)12-19/h2-12,16H,13-15H2,1H3,(H,29,33)/t16-/m0/s1. The lowest BCUT2D eigenvalue weighted by Gasteiger charge is -2.33. The van der Waals surface area contributed by atoms with Crippen molar-refractivity contribution in [3.8, 4) is 11.5 Å². The van der Waals surface area contributed by atoms with Crippen molar-refractivity contribution in [3.63, 3.8) is 0 Å². The molecule has 9 heteroatoms. The maximum Gasteiger partial charge on any atom is 0.265 e. The normalized spacial score (nSPS) is 13.5. The highest BCUT2D eigenvalue weighted by molar-refractivity contribution is 6.05. The van der Waals surface area contributed by atoms with Crippen LogP contribution in [0, 0.1) is 11.6 Å². The summed E-state index contributed by atoms with van der Waals surface area (Å²) in [5, 5.41) is 2.81. The summed E-state index contributed by atoms with van der Waals surface area (Å²) >= 11 is 0. The number of nitrogens with zero attached hydrogens (tertiary/aromatic N) is 1. The van der Waals surface area contributed by atoms with Crippen LogP contribution in [0.5, 0.6) is 11.5 Å². The number of hydrogen-bond donors (Lipinski definition) is 1. The Kier molecular flexibility index (Phi) is 7.05. The van der Waals surface area contributed by atoms with Crippen molar-refractivity contribution in [1.82, 2.24) is 5.32 Å². The van der Waals surface area contributed by atoms with E-state index in [4.69, 9.17) is 9.47 Å². The zero-order valence-corrected chi connectivity index (χ0v) is 18.8. The number of nitrogens with one attached hydrogen (secondary N) is 1. The molecule has 7 nitrogen and oxygen atoms in total. The first-order valence-electron chi connectivity index (χ1n) is 10.8. The van der Waals surface area contributed by atoms with E-state index in [9.17, 15) is 23.2 Å². The lowest BCUT2D eigenvalue weighted by molar-refractivity contribution is -0.127. The summed E-state index contributed by atoms with van der Waals surface area (Å²) < 4.78 is 37.2. The second kappa shape index (κ2) is 10.3. The quantitative estimate of drug-likeness (QED) is 0.498. The molecule has 3 aromatic rings. The van der Waals surface area contributed by atoms with Gasteiger partial charge in [-0.05, 0) is 42.8 Å². The number of benzene rings is 3. The lowest BCUT2D eigenvalue weighted by atomic mass is 10.1. The summed E-state index contributed by atoms with van der Waals surface area (Å²) in [5.41, 5.74) is 1.39. The third-order valence-corrected chi connectivity index (χ3v) is 5.50. The van der Waals surface area contributed by atoms with Gasteiger partial charge in [0.1, 0.15) is 17.5 Å². The molecule has 2 amide bonds. The molecular formula is C26H22F2N2O5. The fourth-order valence-electron chi connectivity index (χ4n) is 3.62. The van der Waals surface area contributed by atoms with Crippen molar-refractivity contribution in [2.45, 2.75) is 19.5 Å². The summed E-state index contributed by atoms with van der Waals surface area (Å²) in [6.07, 6.45) is 0. The molecule has 1 aliphatic heterocycles. The molecule has 0 unspecified atom stereocenters. The average Bonchev–Trinajstić information content (AvgIpc) is 2.87. The molecule has 0 bridgehead atoms. The Morgan fingerprint density at radius 2 is 1.83 bits per heavy atom. The number of carbonyl (C=O) groups excluding carboxylic acids is 3. The largest absolute Gasteiger partial charge is 0.485 e. The van der Waals surface area contributed by atoms with Gasteiger partial charge >= 0.3 is 0 Å². The number of ketones is 1. The monoisotopic (exact) mass is 480 g/mol. The van der Waals surface area contributed by atoms with Crippen LogP contribution in [0.3, 0.4) is 0 Å². The maximum absolute atomic E-state index is 13.4. The van der Waals surface area contributed by atoms with Gasteiger partial charge in [-0.25, -0.2) is 8.78 Å². The predicted octanol–water partition coefficient (Wildman–Crippen LogP) is 3.66. The topological polar surface area (TPSA) is 84.9 Å². The zero-order valence-electron chi connectivity index (χ0n) is 18.8. The maximum atomic E-state index is 13.4. The molecule has 0 radical (unpaired) electrons. The van der Waals surface area contributed by atoms with Crippen LogP contribution in [0.15, 0.2) is 66.7 Å². The summed E-state index contributed by atoms with van der Waals surface area (Å²) in [6.45, 7) is 1.21. The number of hydrogen-bond acceptors (Lipinski definition) is 5.